The van der Waals surface area contributed by atoms with Crippen LogP contribution in [0.2, 0.25) is 0 Å². The monoisotopic (exact) mass is 356 g/mol. The molecule has 2 aromatic carbocycles. The third-order valence-electron chi connectivity index (χ3n) is 4.14. The van der Waals surface area contributed by atoms with Gasteiger partial charge in [0.1, 0.15) is 19.5 Å². The van der Waals surface area contributed by atoms with Gasteiger partial charge >= 0.3 is 0 Å². The van der Waals surface area contributed by atoms with Crippen LogP contribution in [0.4, 0.5) is 19.0 Å². The van der Waals surface area contributed by atoms with E-state index in [0.717, 1.165) is 17.0 Å². The van der Waals surface area contributed by atoms with Crippen molar-refractivity contribution in [3.05, 3.63) is 59.0 Å². The van der Waals surface area contributed by atoms with Crippen molar-refractivity contribution in [2.45, 2.75) is 13.0 Å². The Morgan fingerprint density at radius 2 is 2.04 bits per heavy atom. The normalized spacial score (nSPS) is 12.2. The number of benzene rings is 2. The first-order chi connectivity index (χ1) is 12.4. The standard InChI is InChI=1S/C18H16BF3N4/c1-23-18-25-17(13-8-11(19)6-7-14(13)26(18)2)24-9-10-4-3-5-12(15(10)20)16(21)22/h3-8,16H,9H2,1-2H3,(H,23,24,25). The summed E-state index contributed by atoms with van der Waals surface area (Å²) in [6.45, 7) is 0.000173. The average molecular weight is 356 g/mol. The Kier molecular flexibility index (Phi) is 5.02. The van der Waals surface area contributed by atoms with Crippen LogP contribution in [0.3, 0.4) is 0 Å². The van der Waals surface area contributed by atoms with Crippen LogP contribution in [0.25, 0.3) is 10.9 Å². The van der Waals surface area contributed by atoms with Crippen LogP contribution in [0.5, 0.6) is 0 Å². The molecule has 3 rings (SSSR count). The molecule has 1 heterocycles. The highest BCUT2D eigenvalue weighted by Crippen LogP contribution is 2.25. The third kappa shape index (κ3) is 3.31. The number of nitrogens with one attached hydrogen (secondary N) is 1. The van der Waals surface area contributed by atoms with E-state index < -0.39 is 17.8 Å². The van der Waals surface area contributed by atoms with E-state index in [1.54, 1.807) is 23.7 Å². The highest BCUT2D eigenvalue weighted by Gasteiger charge is 2.16. The molecule has 132 valence electrons. The first-order valence-electron chi connectivity index (χ1n) is 7.90. The van der Waals surface area contributed by atoms with Crippen molar-refractivity contribution in [3.8, 4) is 0 Å². The lowest BCUT2D eigenvalue weighted by Crippen LogP contribution is -2.24. The maximum atomic E-state index is 14.2. The molecule has 2 radical (unpaired) electrons. The molecule has 0 aliphatic heterocycles. The number of hydrogen-bond donors (Lipinski definition) is 1. The maximum absolute atomic E-state index is 14.2. The van der Waals surface area contributed by atoms with Gasteiger partial charge in [-0.1, -0.05) is 35.8 Å². The van der Waals surface area contributed by atoms with E-state index in [-0.39, 0.29) is 12.1 Å². The number of nitrogens with zero attached hydrogens (tertiary/aromatic N) is 3. The molecule has 0 spiro atoms. The van der Waals surface area contributed by atoms with Crippen LogP contribution in [0.1, 0.15) is 17.6 Å². The fraction of sp³-hybridized carbons (Fsp3) is 0.222. The smallest absolute Gasteiger partial charge is 0.266 e. The Balaban J connectivity index is 2.04. The second-order valence-electron chi connectivity index (χ2n) is 5.79. The van der Waals surface area contributed by atoms with Gasteiger partial charge < -0.3 is 9.88 Å². The Hall–Kier alpha value is -2.77. The number of halogens is 3. The lowest BCUT2D eigenvalue weighted by Gasteiger charge is -2.14. The number of rotatable bonds is 4. The molecule has 8 heteroatoms. The molecule has 0 saturated heterocycles. The summed E-state index contributed by atoms with van der Waals surface area (Å²) in [4.78, 5) is 8.54. The number of aryl methyl sites for hydroxylation is 1. The number of anilines is 1. The number of hydrogen-bond acceptors (Lipinski definition) is 3. The molecule has 3 aromatic rings. The predicted molar refractivity (Wildman–Crippen MR) is 96.3 cm³/mol. The minimum atomic E-state index is -2.87. The molecule has 1 N–H and O–H groups in total. The van der Waals surface area contributed by atoms with E-state index in [0.29, 0.717) is 16.9 Å². The lowest BCUT2D eigenvalue weighted by molar-refractivity contribution is 0.146. The van der Waals surface area contributed by atoms with Gasteiger partial charge in [-0.3, -0.25) is 4.99 Å². The maximum Gasteiger partial charge on any atom is 0.266 e. The summed E-state index contributed by atoms with van der Waals surface area (Å²) >= 11 is 0. The van der Waals surface area contributed by atoms with E-state index in [1.807, 2.05) is 13.1 Å². The number of fused-ring (bicyclic) bond motifs is 1. The molecule has 0 unspecified atom stereocenters. The molecule has 4 nitrogen and oxygen atoms in total. The highest BCUT2D eigenvalue weighted by atomic mass is 19.3. The fourth-order valence-electron chi connectivity index (χ4n) is 2.80. The molecule has 0 fully saturated rings. The quantitative estimate of drug-likeness (QED) is 0.731. The van der Waals surface area contributed by atoms with Crippen molar-refractivity contribution in [1.82, 2.24) is 9.55 Å². The van der Waals surface area contributed by atoms with Crippen LogP contribution >= 0.6 is 0 Å². The summed E-state index contributed by atoms with van der Waals surface area (Å²) in [5, 5.41) is 3.74. The van der Waals surface area contributed by atoms with Gasteiger partial charge in [-0.2, -0.15) is 4.98 Å². The minimum absolute atomic E-state index is 0.000173. The van der Waals surface area contributed by atoms with Crippen LogP contribution in [0.15, 0.2) is 41.4 Å². The fourth-order valence-corrected chi connectivity index (χ4v) is 2.80. The van der Waals surface area contributed by atoms with Crippen molar-refractivity contribution >= 4 is 30.0 Å². The zero-order chi connectivity index (χ0) is 18.8. The summed E-state index contributed by atoms with van der Waals surface area (Å²) in [6.07, 6.45) is -2.87. The first-order valence-corrected chi connectivity index (χ1v) is 7.90. The van der Waals surface area contributed by atoms with Crippen LogP contribution in [-0.4, -0.2) is 24.4 Å². The van der Waals surface area contributed by atoms with Gasteiger partial charge in [0, 0.05) is 31.6 Å². The van der Waals surface area contributed by atoms with Crippen molar-refractivity contribution in [3.63, 3.8) is 0 Å². The Labute approximate surface area is 149 Å². The van der Waals surface area contributed by atoms with Gasteiger partial charge in [0.25, 0.3) is 6.43 Å². The van der Waals surface area contributed by atoms with Gasteiger partial charge in [0.15, 0.2) is 0 Å². The van der Waals surface area contributed by atoms with Crippen molar-refractivity contribution in [2.75, 3.05) is 12.4 Å². The van der Waals surface area contributed by atoms with E-state index in [9.17, 15) is 13.2 Å². The summed E-state index contributed by atoms with van der Waals surface area (Å²) in [6, 6.07) is 9.29. The third-order valence-corrected chi connectivity index (χ3v) is 4.14. The molecule has 0 amide bonds. The molecule has 26 heavy (non-hydrogen) atoms. The van der Waals surface area contributed by atoms with Gasteiger partial charge in [-0.25, -0.2) is 13.2 Å². The summed E-state index contributed by atoms with van der Waals surface area (Å²) in [5.41, 5.74) is 1.36. The predicted octanol–water partition coefficient (Wildman–Crippen LogP) is 2.59. The van der Waals surface area contributed by atoms with E-state index in [1.165, 1.54) is 12.1 Å². The molecule has 0 saturated carbocycles. The highest BCUT2D eigenvalue weighted by molar-refractivity contribution is 6.33. The van der Waals surface area contributed by atoms with Crippen LogP contribution in [-0.2, 0) is 13.6 Å². The van der Waals surface area contributed by atoms with Gasteiger partial charge in [0.05, 0.1) is 11.1 Å². The SMILES string of the molecule is [B]c1ccc2c(c1)c(NCc1cccc(C(F)F)c1F)nc(=NC)n2C. The second kappa shape index (κ2) is 7.23. The molecular formula is C18H16BF3N4. The topological polar surface area (TPSA) is 42.2 Å². The molecule has 0 bridgehead atoms. The zero-order valence-corrected chi connectivity index (χ0v) is 14.3. The summed E-state index contributed by atoms with van der Waals surface area (Å²) in [5.74, 6) is -0.464. The average Bonchev–Trinajstić information content (AvgIpc) is 2.62. The molecular weight excluding hydrogens is 340 g/mol. The second-order valence-corrected chi connectivity index (χ2v) is 5.79. The first kappa shape index (κ1) is 18.0. The zero-order valence-electron chi connectivity index (χ0n) is 14.3. The number of alkyl halides is 2. The van der Waals surface area contributed by atoms with Crippen LogP contribution in [0, 0.1) is 5.82 Å². The van der Waals surface area contributed by atoms with Gasteiger partial charge in [-0.05, 0) is 6.07 Å². The van der Waals surface area contributed by atoms with Crippen molar-refractivity contribution < 1.29 is 13.2 Å². The van der Waals surface area contributed by atoms with Gasteiger partial charge in [-0.15, -0.1) is 0 Å². The Morgan fingerprint density at radius 1 is 1.27 bits per heavy atom. The van der Waals surface area contributed by atoms with E-state index in [4.69, 9.17) is 7.85 Å². The molecule has 0 atom stereocenters. The van der Waals surface area contributed by atoms with Crippen molar-refractivity contribution in [2.24, 2.45) is 12.0 Å². The van der Waals surface area contributed by atoms with Gasteiger partial charge in [0.2, 0.25) is 5.62 Å². The largest absolute Gasteiger partial charge is 0.365 e. The summed E-state index contributed by atoms with van der Waals surface area (Å²) in [7, 11) is 9.30. The van der Waals surface area contributed by atoms with E-state index in [2.05, 4.69) is 15.3 Å². The summed E-state index contributed by atoms with van der Waals surface area (Å²) < 4.78 is 41.8. The van der Waals surface area contributed by atoms with Crippen molar-refractivity contribution in [1.29, 1.82) is 0 Å². The number of aromatic nitrogens is 2. The lowest BCUT2D eigenvalue weighted by atomic mass is 9.95. The molecule has 0 aliphatic carbocycles. The Morgan fingerprint density at radius 3 is 2.73 bits per heavy atom. The van der Waals surface area contributed by atoms with Crippen LogP contribution < -0.4 is 16.4 Å². The van der Waals surface area contributed by atoms with E-state index >= 15 is 0 Å². The molecule has 1 aromatic heterocycles. The Bertz CT molecular complexity index is 1030. The molecule has 0 aliphatic rings. The minimum Gasteiger partial charge on any atom is -0.365 e.